The maximum atomic E-state index is 12.6. The van der Waals surface area contributed by atoms with Crippen LogP contribution in [0.2, 0.25) is 0 Å². The molecule has 1 N–H and O–H groups in total. The molecule has 0 aromatic rings. The van der Waals surface area contributed by atoms with Crippen molar-refractivity contribution in [3.63, 3.8) is 0 Å². The van der Waals surface area contributed by atoms with Crippen LogP contribution in [-0.4, -0.2) is 65.2 Å². The number of hydrogen-bond acceptors (Lipinski definition) is 6. The molecule has 1 heterocycles. The Kier molecular flexibility index (Phi) is 5.42. The van der Waals surface area contributed by atoms with Crippen molar-refractivity contribution in [1.29, 1.82) is 0 Å². The van der Waals surface area contributed by atoms with Crippen molar-refractivity contribution in [1.82, 2.24) is 5.32 Å². The normalized spacial score (nSPS) is 29.9. The van der Waals surface area contributed by atoms with Gasteiger partial charge in [-0.1, -0.05) is 0 Å². The first-order valence-electron chi connectivity index (χ1n) is 7.19. The minimum absolute atomic E-state index is 0.0269. The molecule has 1 spiro atoms. The quantitative estimate of drug-likeness (QED) is 0.713. The lowest BCUT2D eigenvalue weighted by atomic mass is 9.89. The molecule has 2 rings (SSSR count). The highest BCUT2D eigenvalue weighted by Gasteiger charge is 2.48. The minimum Gasteiger partial charge on any atom is -0.385 e. The lowest BCUT2D eigenvalue weighted by Crippen LogP contribution is -2.53. The Morgan fingerprint density at radius 3 is 2.65 bits per heavy atom. The molecule has 2 atom stereocenters. The van der Waals surface area contributed by atoms with E-state index in [1.807, 2.05) is 7.05 Å². The zero-order chi connectivity index (χ0) is 14.6. The number of rotatable bonds is 6. The molecule has 2 unspecified atom stereocenters. The van der Waals surface area contributed by atoms with Crippen molar-refractivity contribution >= 4 is 9.84 Å². The highest BCUT2D eigenvalue weighted by Crippen LogP contribution is 2.38. The number of hydrogen-bond donors (Lipinski definition) is 1. The van der Waals surface area contributed by atoms with Crippen molar-refractivity contribution in [2.45, 2.75) is 42.8 Å². The molecule has 0 amide bonds. The Morgan fingerprint density at radius 1 is 1.35 bits per heavy atom. The van der Waals surface area contributed by atoms with E-state index >= 15 is 0 Å². The zero-order valence-electron chi connectivity index (χ0n) is 12.3. The second-order valence-corrected chi connectivity index (χ2v) is 7.84. The summed E-state index contributed by atoms with van der Waals surface area (Å²) < 4.78 is 41.4. The average Bonchev–Trinajstić information content (AvgIpc) is 2.87. The van der Waals surface area contributed by atoms with E-state index in [2.05, 4.69) is 5.32 Å². The van der Waals surface area contributed by atoms with Gasteiger partial charge in [0.25, 0.3) is 0 Å². The van der Waals surface area contributed by atoms with Gasteiger partial charge < -0.3 is 19.5 Å². The van der Waals surface area contributed by atoms with E-state index in [1.54, 1.807) is 7.11 Å². The van der Waals surface area contributed by atoms with E-state index in [0.717, 1.165) is 12.8 Å². The van der Waals surface area contributed by atoms with Gasteiger partial charge >= 0.3 is 0 Å². The first kappa shape index (κ1) is 16.2. The van der Waals surface area contributed by atoms with Crippen LogP contribution < -0.4 is 5.32 Å². The number of nitrogens with one attached hydrogen (secondary N) is 1. The van der Waals surface area contributed by atoms with Gasteiger partial charge in [0, 0.05) is 32.6 Å². The smallest absolute Gasteiger partial charge is 0.169 e. The summed E-state index contributed by atoms with van der Waals surface area (Å²) in [6.45, 7) is 1.58. The van der Waals surface area contributed by atoms with Crippen LogP contribution in [0.25, 0.3) is 0 Å². The fourth-order valence-electron chi connectivity index (χ4n) is 3.13. The molecule has 1 aliphatic heterocycles. The van der Waals surface area contributed by atoms with Crippen LogP contribution in [0.3, 0.4) is 0 Å². The van der Waals surface area contributed by atoms with Crippen molar-refractivity contribution in [2.75, 3.05) is 39.7 Å². The largest absolute Gasteiger partial charge is 0.385 e. The van der Waals surface area contributed by atoms with Gasteiger partial charge in [-0.05, 0) is 19.9 Å². The summed E-state index contributed by atoms with van der Waals surface area (Å²) in [5, 5.41) is 2.69. The third kappa shape index (κ3) is 3.51. The van der Waals surface area contributed by atoms with Gasteiger partial charge in [-0.2, -0.15) is 0 Å². The Bertz CT molecular complexity index is 405. The number of ether oxygens (including phenoxy) is 3. The van der Waals surface area contributed by atoms with Crippen LogP contribution in [0.15, 0.2) is 0 Å². The predicted molar refractivity (Wildman–Crippen MR) is 75.4 cm³/mol. The van der Waals surface area contributed by atoms with E-state index < -0.39 is 20.9 Å². The Morgan fingerprint density at radius 2 is 2.05 bits per heavy atom. The van der Waals surface area contributed by atoms with Crippen molar-refractivity contribution in [3.05, 3.63) is 0 Å². The molecule has 1 saturated heterocycles. The maximum Gasteiger partial charge on any atom is 0.169 e. The van der Waals surface area contributed by atoms with Gasteiger partial charge in [0.15, 0.2) is 15.6 Å². The topological polar surface area (TPSA) is 73.9 Å². The van der Waals surface area contributed by atoms with Crippen molar-refractivity contribution in [2.24, 2.45) is 0 Å². The molecule has 0 radical (unpaired) electrons. The van der Waals surface area contributed by atoms with Gasteiger partial charge in [-0.3, -0.25) is 0 Å². The third-order valence-corrected chi connectivity index (χ3v) is 6.50. The van der Waals surface area contributed by atoms with Crippen LogP contribution >= 0.6 is 0 Å². The molecule has 2 fully saturated rings. The first-order chi connectivity index (χ1) is 9.53. The Hall–Kier alpha value is -0.210. The summed E-state index contributed by atoms with van der Waals surface area (Å²) in [6, 6.07) is -0.0269. The Balaban J connectivity index is 2.08. The van der Waals surface area contributed by atoms with Crippen LogP contribution in [0.5, 0.6) is 0 Å². The fraction of sp³-hybridized carbons (Fsp3) is 1.00. The summed E-state index contributed by atoms with van der Waals surface area (Å²) in [7, 11) is 0.216. The van der Waals surface area contributed by atoms with Crippen molar-refractivity contribution < 1.29 is 22.6 Å². The average molecular weight is 307 g/mol. The molecule has 2 aliphatic rings. The lowest BCUT2D eigenvalue weighted by Gasteiger charge is -2.40. The predicted octanol–water partition coefficient (Wildman–Crippen LogP) is 0.321. The molecule has 6 nitrogen and oxygen atoms in total. The molecular weight excluding hydrogens is 282 g/mol. The van der Waals surface area contributed by atoms with E-state index in [-0.39, 0.29) is 11.8 Å². The second-order valence-electron chi connectivity index (χ2n) is 5.50. The molecule has 0 aromatic heterocycles. The second kappa shape index (κ2) is 6.70. The maximum absolute atomic E-state index is 12.6. The third-order valence-electron chi connectivity index (χ3n) is 4.22. The monoisotopic (exact) mass is 307 g/mol. The first-order valence-corrected chi connectivity index (χ1v) is 8.90. The molecule has 20 heavy (non-hydrogen) atoms. The number of sulfone groups is 1. The van der Waals surface area contributed by atoms with Gasteiger partial charge in [-0.25, -0.2) is 8.42 Å². The molecular formula is C13H25NO5S. The zero-order valence-corrected chi connectivity index (χ0v) is 13.1. The molecule has 1 aliphatic carbocycles. The van der Waals surface area contributed by atoms with Crippen LogP contribution in [0.4, 0.5) is 0 Å². The molecule has 118 valence electrons. The minimum atomic E-state index is -3.18. The van der Waals surface area contributed by atoms with Crippen LogP contribution in [-0.2, 0) is 24.0 Å². The number of methoxy groups -OCH3 is 1. The van der Waals surface area contributed by atoms with E-state index in [1.165, 1.54) is 0 Å². The standard InChI is InChI=1S/C13H25NO5S/c1-14-11-4-5-13(18-7-8-19-13)10-12(11)20(15,16)9-3-6-17-2/h11-12,14H,3-10H2,1-2H3. The molecule has 0 aromatic carbocycles. The highest BCUT2D eigenvalue weighted by molar-refractivity contribution is 7.92. The van der Waals surface area contributed by atoms with E-state index in [4.69, 9.17) is 14.2 Å². The van der Waals surface area contributed by atoms with Crippen LogP contribution in [0.1, 0.15) is 25.7 Å². The van der Waals surface area contributed by atoms with E-state index in [9.17, 15) is 8.42 Å². The molecule has 7 heteroatoms. The lowest BCUT2D eigenvalue weighted by molar-refractivity contribution is -0.178. The van der Waals surface area contributed by atoms with E-state index in [0.29, 0.717) is 32.7 Å². The van der Waals surface area contributed by atoms with Crippen LogP contribution in [0, 0.1) is 0 Å². The van der Waals surface area contributed by atoms with Crippen molar-refractivity contribution in [3.8, 4) is 0 Å². The van der Waals surface area contributed by atoms with Gasteiger partial charge in [0.05, 0.1) is 24.2 Å². The van der Waals surface area contributed by atoms with Gasteiger partial charge in [0.2, 0.25) is 0 Å². The fourth-order valence-corrected chi connectivity index (χ4v) is 5.24. The summed E-state index contributed by atoms with van der Waals surface area (Å²) >= 11 is 0. The summed E-state index contributed by atoms with van der Waals surface area (Å²) in [5.41, 5.74) is 0. The summed E-state index contributed by atoms with van der Waals surface area (Å²) in [5.74, 6) is -0.522. The summed E-state index contributed by atoms with van der Waals surface area (Å²) in [4.78, 5) is 0. The molecule has 1 saturated carbocycles. The molecule has 0 bridgehead atoms. The van der Waals surface area contributed by atoms with Gasteiger partial charge in [0.1, 0.15) is 0 Å². The highest BCUT2D eigenvalue weighted by atomic mass is 32.2. The van der Waals surface area contributed by atoms with Gasteiger partial charge in [-0.15, -0.1) is 0 Å². The summed E-state index contributed by atoms with van der Waals surface area (Å²) in [6.07, 6.45) is 2.46. The Labute approximate surface area is 121 Å². The SMILES string of the molecule is CNC1CCC2(CC1S(=O)(=O)CCCOC)OCCO2.